The molecule has 2 aromatic rings. The van der Waals surface area contributed by atoms with Crippen molar-refractivity contribution >= 4 is 47.4 Å². The smallest absolute Gasteiger partial charge is 0.193 e. The Bertz CT molecular complexity index is 635. The van der Waals surface area contributed by atoms with Gasteiger partial charge < -0.3 is 15.8 Å². The third kappa shape index (κ3) is 7.39. The van der Waals surface area contributed by atoms with Gasteiger partial charge in [0.25, 0.3) is 0 Å². The van der Waals surface area contributed by atoms with E-state index in [1.807, 2.05) is 24.3 Å². The lowest BCUT2D eigenvalue weighted by Gasteiger charge is -2.06. The van der Waals surface area contributed by atoms with E-state index < -0.39 is 0 Å². The molecule has 0 unspecified atom stereocenters. The molecule has 0 aliphatic carbocycles. The highest BCUT2D eigenvalue weighted by molar-refractivity contribution is 14.0. The van der Waals surface area contributed by atoms with E-state index in [0.717, 1.165) is 28.5 Å². The first-order chi connectivity index (χ1) is 11.2. The minimum Gasteiger partial charge on any atom is -0.497 e. The van der Waals surface area contributed by atoms with Crippen molar-refractivity contribution in [2.24, 2.45) is 10.7 Å². The maximum atomic E-state index is 12.8. The number of halogens is 2. The summed E-state index contributed by atoms with van der Waals surface area (Å²) in [6, 6.07) is 14.0. The molecule has 3 N–H and O–H groups in total. The molecule has 0 saturated heterocycles. The lowest BCUT2D eigenvalue weighted by molar-refractivity contribution is 0.415. The minimum absolute atomic E-state index is 0. The highest BCUT2D eigenvalue weighted by atomic mass is 127. The normalized spacial score (nSPS) is 10.8. The number of thioether (sulfide) groups is 1. The second-order valence-corrected chi connectivity index (χ2v) is 5.94. The number of ether oxygens (including phenoxy) is 1. The summed E-state index contributed by atoms with van der Waals surface area (Å²) in [4.78, 5) is 5.34. The lowest BCUT2D eigenvalue weighted by atomic mass is 10.3. The second kappa shape index (κ2) is 11.1. The Morgan fingerprint density at radius 2 is 1.83 bits per heavy atom. The summed E-state index contributed by atoms with van der Waals surface area (Å²) in [6.45, 7) is 0.642. The van der Waals surface area contributed by atoms with E-state index >= 15 is 0 Å². The minimum atomic E-state index is -0.212. The molecular formula is C17H21FIN3OS. The summed E-state index contributed by atoms with van der Waals surface area (Å²) in [6.07, 6.45) is 0.896. The standard InChI is InChI=1S/C17H20FN3OS.HI/c1-22-15-7-5-14(6-8-15)21-17(19)20-11-2-12-23-16-9-3-13(18)4-10-16;/h3-10H,2,11-12H2,1H3,(H3,19,20,21);1H. The van der Waals surface area contributed by atoms with Gasteiger partial charge in [-0.15, -0.1) is 35.7 Å². The third-order valence-electron chi connectivity index (χ3n) is 3.03. The van der Waals surface area contributed by atoms with Crippen molar-refractivity contribution in [2.75, 3.05) is 24.7 Å². The zero-order valence-electron chi connectivity index (χ0n) is 13.4. The van der Waals surface area contributed by atoms with E-state index in [-0.39, 0.29) is 29.8 Å². The quantitative estimate of drug-likeness (QED) is 0.212. The molecule has 0 amide bonds. The predicted octanol–water partition coefficient (Wildman–Crippen LogP) is 4.36. The molecule has 0 aliphatic heterocycles. The molecule has 2 rings (SSSR count). The summed E-state index contributed by atoms with van der Waals surface area (Å²) in [5, 5.41) is 3.03. The number of aliphatic imine (C=N–C) groups is 1. The van der Waals surface area contributed by atoms with Gasteiger partial charge in [0, 0.05) is 17.1 Å². The fourth-order valence-electron chi connectivity index (χ4n) is 1.85. The maximum Gasteiger partial charge on any atom is 0.193 e. The van der Waals surface area contributed by atoms with E-state index in [9.17, 15) is 4.39 Å². The van der Waals surface area contributed by atoms with Crippen molar-refractivity contribution in [3.05, 3.63) is 54.3 Å². The summed E-state index contributed by atoms with van der Waals surface area (Å²) in [7, 11) is 1.63. The zero-order valence-corrected chi connectivity index (χ0v) is 16.5. The molecular weight excluding hydrogens is 440 g/mol. The number of nitrogens with two attached hydrogens (primary N) is 1. The monoisotopic (exact) mass is 461 g/mol. The summed E-state index contributed by atoms with van der Waals surface area (Å²) < 4.78 is 17.9. The van der Waals surface area contributed by atoms with Gasteiger partial charge in [-0.1, -0.05) is 0 Å². The Morgan fingerprint density at radius 3 is 2.46 bits per heavy atom. The van der Waals surface area contributed by atoms with Crippen LogP contribution in [0.5, 0.6) is 5.75 Å². The zero-order chi connectivity index (χ0) is 16.5. The molecule has 130 valence electrons. The molecule has 7 heteroatoms. The van der Waals surface area contributed by atoms with Crippen molar-refractivity contribution in [3.63, 3.8) is 0 Å². The molecule has 0 aliphatic rings. The van der Waals surface area contributed by atoms with Gasteiger partial charge in [0.2, 0.25) is 0 Å². The van der Waals surface area contributed by atoms with Gasteiger partial charge in [0.1, 0.15) is 11.6 Å². The van der Waals surface area contributed by atoms with Gasteiger partial charge in [-0.05, 0) is 60.7 Å². The van der Waals surface area contributed by atoms with Crippen molar-refractivity contribution in [3.8, 4) is 5.75 Å². The Balaban J connectivity index is 0.00000288. The second-order valence-electron chi connectivity index (χ2n) is 4.78. The molecule has 0 spiro atoms. The lowest BCUT2D eigenvalue weighted by Crippen LogP contribution is -2.22. The van der Waals surface area contributed by atoms with Crippen LogP contribution >= 0.6 is 35.7 Å². The number of anilines is 1. The number of rotatable bonds is 7. The number of hydrogen-bond donors (Lipinski definition) is 2. The first-order valence-corrected chi connectivity index (χ1v) is 8.25. The molecule has 2 aromatic carbocycles. The topological polar surface area (TPSA) is 59.6 Å². The third-order valence-corrected chi connectivity index (χ3v) is 4.13. The average molecular weight is 461 g/mol. The number of guanidine groups is 1. The molecule has 0 saturated carbocycles. The van der Waals surface area contributed by atoms with Gasteiger partial charge >= 0.3 is 0 Å². The molecule has 0 aromatic heterocycles. The molecule has 0 heterocycles. The molecule has 0 radical (unpaired) electrons. The SMILES string of the molecule is COc1ccc(NC(N)=NCCCSc2ccc(F)cc2)cc1.I. The number of methoxy groups -OCH3 is 1. The Labute approximate surface area is 163 Å². The number of hydrogen-bond acceptors (Lipinski definition) is 3. The van der Waals surface area contributed by atoms with Crippen LogP contribution in [0, 0.1) is 5.82 Å². The fourth-order valence-corrected chi connectivity index (χ4v) is 2.68. The number of benzene rings is 2. The highest BCUT2D eigenvalue weighted by Gasteiger charge is 1.97. The first-order valence-electron chi connectivity index (χ1n) is 7.27. The Morgan fingerprint density at radius 1 is 1.17 bits per heavy atom. The van der Waals surface area contributed by atoms with Crippen LogP contribution in [0.1, 0.15) is 6.42 Å². The van der Waals surface area contributed by atoms with Crippen LogP contribution in [-0.2, 0) is 0 Å². The van der Waals surface area contributed by atoms with Gasteiger partial charge in [-0.2, -0.15) is 0 Å². The van der Waals surface area contributed by atoms with Crippen LogP contribution < -0.4 is 15.8 Å². The van der Waals surface area contributed by atoms with Crippen LogP contribution in [0.3, 0.4) is 0 Å². The number of nitrogens with one attached hydrogen (secondary N) is 1. The van der Waals surface area contributed by atoms with E-state index in [1.165, 1.54) is 12.1 Å². The summed E-state index contributed by atoms with van der Waals surface area (Å²) >= 11 is 1.68. The van der Waals surface area contributed by atoms with Gasteiger partial charge in [-0.25, -0.2) is 4.39 Å². The van der Waals surface area contributed by atoms with Crippen LogP contribution in [0.4, 0.5) is 10.1 Å². The van der Waals surface area contributed by atoms with Crippen LogP contribution in [0.25, 0.3) is 0 Å². The van der Waals surface area contributed by atoms with Crippen molar-refractivity contribution in [2.45, 2.75) is 11.3 Å². The van der Waals surface area contributed by atoms with E-state index in [2.05, 4.69) is 10.3 Å². The molecule has 24 heavy (non-hydrogen) atoms. The maximum absolute atomic E-state index is 12.8. The molecule has 0 atom stereocenters. The number of nitrogens with zero attached hydrogens (tertiary/aromatic N) is 1. The van der Waals surface area contributed by atoms with Gasteiger partial charge in [0.05, 0.1) is 7.11 Å². The highest BCUT2D eigenvalue weighted by Crippen LogP contribution is 2.18. The van der Waals surface area contributed by atoms with Crippen LogP contribution in [-0.4, -0.2) is 25.4 Å². The van der Waals surface area contributed by atoms with Crippen molar-refractivity contribution in [1.82, 2.24) is 0 Å². The van der Waals surface area contributed by atoms with Crippen molar-refractivity contribution < 1.29 is 9.13 Å². The predicted molar refractivity (Wildman–Crippen MR) is 110 cm³/mol. The van der Waals surface area contributed by atoms with Crippen LogP contribution in [0.2, 0.25) is 0 Å². The van der Waals surface area contributed by atoms with Crippen molar-refractivity contribution in [1.29, 1.82) is 0 Å². The Hall–Kier alpha value is -1.48. The fraction of sp³-hybridized carbons (Fsp3) is 0.235. The van der Waals surface area contributed by atoms with Gasteiger partial charge in [0.15, 0.2) is 5.96 Å². The molecule has 0 fully saturated rings. The Kier molecular flexibility index (Phi) is 9.55. The first kappa shape index (κ1) is 20.6. The average Bonchev–Trinajstić information content (AvgIpc) is 2.57. The molecule has 0 bridgehead atoms. The van der Waals surface area contributed by atoms with E-state index in [0.29, 0.717) is 12.5 Å². The van der Waals surface area contributed by atoms with E-state index in [4.69, 9.17) is 10.5 Å². The largest absolute Gasteiger partial charge is 0.497 e. The van der Waals surface area contributed by atoms with Gasteiger partial charge in [-0.3, -0.25) is 4.99 Å². The van der Waals surface area contributed by atoms with E-state index in [1.54, 1.807) is 31.0 Å². The molecule has 4 nitrogen and oxygen atoms in total. The summed E-state index contributed by atoms with van der Waals surface area (Å²) in [5.41, 5.74) is 6.71. The summed E-state index contributed by atoms with van der Waals surface area (Å²) in [5.74, 6) is 1.88. The van der Waals surface area contributed by atoms with Crippen LogP contribution in [0.15, 0.2) is 58.4 Å².